The lowest BCUT2D eigenvalue weighted by Gasteiger charge is -2.22. The highest BCUT2D eigenvalue weighted by Gasteiger charge is 2.31. The topological polar surface area (TPSA) is 98.5 Å². The Labute approximate surface area is 116 Å². The number of nitro benzene ring substituents is 1. The Kier molecular flexibility index (Phi) is 5.19. The zero-order chi connectivity index (χ0) is 15.3. The van der Waals surface area contributed by atoms with Crippen LogP contribution in [-0.4, -0.2) is 30.0 Å². The molecule has 20 heavy (non-hydrogen) atoms. The minimum atomic E-state index is -0.974. The highest BCUT2D eigenvalue weighted by Crippen LogP contribution is 2.28. The summed E-state index contributed by atoms with van der Waals surface area (Å²) < 4.78 is 4.63. The lowest BCUT2D eigenvalue weighted by molar-refractivity contribution is -0.385. The first-order valence-electron chi connectivity index (χ1n) is 5.96. The Bertz CT molecular complexity index is 529. The molecule has 0 heterocycles. The lowest BCUT2D eigenvalue weighted by Crippen LogP contribution is -2.44. The van der Waals surface area contributed by atoms with Crippen LogP contribution >= 0.6 is 0 Å². The van der Waals surface area contributed by atoms with Gasteiger partial charge in [0.05, 0.1) is 12.0 Å². The first-order chi connectivity index (χ1) is 9.38. The number of rotatable bonds is 5. The molecule has 0 aliphatic carbocycles. The summed E-state index contributed by atoms with van der Waals surface area (Å²) in [6.45, 7) is 2.89. The number of amides is 1. The van der Waals surface area contributed by atoms with Crippen molar-refractivity contribution in [2.75, 3.05) is 7.11 Å². The van der Waals surface area contributed by atoms with Crippen LogP contribution in [0.1, 0.15) is 25.3 Å². The molecule has 1 rings (SSSR count). The van der Waals surface area contributed by atoms with E-state index in [1.807, 2.05) is 0 Å². The minimum Gasteiger partial charge on any atom is -0.467 e. The number of carbonyl (C=O) groups excluding carboxylic acids is 2. The van der Waals surface area contributed by atoms with Crippen LogP contribution in [0.3, 0.4) is 0 Å². The van der Waals surface area contributed by atoms with Crippen LogP contribution < -0.4 is 5.32 Å². The monoisotopic (exact) mass is 280 g/mol. The predicted octanol–water partition coefficient (Wildman–Crippen LogP) is 1.38. The lowest BCUT2D eigenvalue weighted by atomic mass is 9.92. The van der Waals surface area contributed by atoms with Crippen LogP contribution in [0.5, 0.6) is 0 Å². The summed E-state index contributed by atoms with van der Waals surface area (Å²) in [7, 11) is 1.20. The van der Waals surface area contributed by atoms with Gasteiger partial charge in [-0.1, -0.05) is 25.1 Å². The molecule has 7 heteroatoms. The Morgan fingerprint density at radius 3 is 2.45 bits per heavy atom. The number of hydrogen-bond donors (Lipinski definition) is 1. The molecule has 108 valence electrons. The molecule has 1 aromatic carbocycles. The number of benzene rings is 1. The van der Waals surface area contributed by atoms with Crippen molar-refractivity contribution in [3.63, 3.8) is 0 Å². The number of nitro groups is 1. The van der Waals surface area contributed by atoms with Gasteiger partial charge in [-0.25, -0.2) is 4.79 Å². The normalized spacial score (nSPS) is 13.2. The third-order valence-electron chi connectivity index (χ3n) is 2.94. The summed E-state index contributed by atoms with van der Waals surface area (Å²) in [5.41, 5.74) is 0.265. The number of nitrogens with one attached hydrogen (secondary N) is 1. The molecule has 0 aliphatic heterocycles. The van der Waals surface area contributed by atoms with Gasteiger partial charge in [0.25, 0.3) is 5.69 Å². The van der Waals surface area contributed by atoms with Crippen LogP contribution in [0.25, 0.3) is 0 Å². The Balaban J connectivity index is 3.18. The number of ether oxygens (including phenoxy) is 1. The molecule has 0 spiro atoms. The fourth-order valence-electron chi connectivity index (χ4n) is 1.95. The number of esters is 1. The first-order valence-corrected chi connectivity index (χ1v) is 5.96. The van der Waals surface area contributed by atoms with E-state index in [4.69, 9.17) is 0 Å². The average molecular weight is 280 g/mol. The number of hydrogen-bond acceptors (Lipinski definition) is 5. The quantitative estimate of drug-likeness (QED) is 0.499. The van der Waals surface area contributed by atoms with Gasteiger partial charge in [0.15, 0.2) is 0 Å². The molecular weight excluding hydrogens is 264 g/mol. The fourth-order valence-corrected chi connectivity index (χ4v) is 1.95. The zero-order valence-corrected chi connectivity index (χ0v) is 11.5. The maximum Gasteiger partial charge on any atom is 0.328 e. The van der Waals surface area contributed by atoms with Crippen molar-refractivity contribution in [1.82, 2.24) is 5.32 Å². The van der Waals surface area contributed by atoms with Crippen LogP contribution in [0.15, 0.2) is 24.3 Å². The second-order valence-electron chi connectivity index (χ2n) is 4.31. The Morgan fingerprint density at radius 2 is 1.95 bits per heavy atom. The highest BCUT2D eigenvalue weighted by molar-refractivity contribution is 5.84. The standard InChI is InChI=1S/C13H16N2O5/c1-8(12(13(17)20-3)14-9(2)16)10-6-4-5-7-11(10)15(18)19/h4-8,12H,1-3H3,(H,14,16)/t8-,12+/m0/s1. The molecule has 1 N–H and O–H groups in total. The summed E-state index contributed by atoms with van der Waals surface area (Å²) in [5.74, 6) is -1.65. The first kappa shape index (κ1) is 15.6. The van der Waals surface area contributed by atoms with Gasteiger partial charge < -0.3 is 10.1 Å². The van der Waals surface area contributed by atoms with Crippen molar-refractivity contribution in [2.24, 2.45) is 0 Å². The number of para-hydroxylation sites is 1. The average Bonchev–Trinajstić information content (AvgIpc) is 2.42. The summed E-state index contributed by atoms with van der Waals surface area (Å²) >= 11 is 0. The van der Waals surface area contributed by atoms with Crippen molar-refractivity contribution < 1.29 is 19.2 Å². The molecule has 7 nitrogen and oxygen atoms in total. The number of methoxy groups -OCH3 is 1. The smallest absolute Gasteiger partial charge is 0.328 e. The van der Waals surface area contributed by atoms with E-state index in [2.05, 4.69) is 10.1 Å². The third-order valence-corrected chi connectivity index (χ3v) is 2.94. The maximum atomic E-state index is 11.7. The fraction of sp³-hybridized carbons (Fsp3) is 0.385. The van der Waals surface area contributed by atoms with Crippen molar-refractivity contribution >= 4 is 17.6 Å². The highest BCUT2D eigenvalue weighted by atomic mass is 16.6. The molecule has 0 saturated carbocycles. The van der Waals surface area contributed by atoms with Crippen molar-refractivity contribution in [3.8, 4) is 0 Å². The van der Waals surface area contributed by atoms with E-state index >= 15 is 0 Å². The van der Waals surface area contributed by atoms with Crippen LogP contribution in [0.2, 0.25) is 0 Å². The zero-order valence-electron chi connectivity index (χ0n) is 11.5. The molecular formula is C13H16N2O5. The van der Waals surface area contributed by atoms with Gasteiger partial charge in [0.2, 0.25) is 5.91 Å². The SMILES string of the molecule is COC(=O)[C@H](NC(C)=O)[C@@H](C)c1ccccc1[N+](=O)[O-]. The molecule has 1 aromatic rings. The summed E-state index contributed by atoms with van der Waals surface area (Å²) in [6, 6.07) is 5.12. The van der Waals surface area contributed by atoms with E-state index in [0.717, 1.165) is 0 Å². The number of carbonyl (C=O) groups is 2. The van der Waals surface area contributed by atoms with E-state index in [1.165, 1.54) is 20.1 Å². The second kappa shape index (κ2) is 6.65. The molecule has 0 aromatic heterocycles. The Morgan fingerprint density at radius 1 is 1.35 bits per heavy atom. The Hall–Kier alpha value is -2.44. The van der Waals surface area contributed by atoms with Crippen LogP contribution in [0.4, 0.5) is 5.69 Å². The van der Waals surface area contributed by atoms with Crippen LogP contribution in [-0.2, 0) is 14.3 Å². The molecule has 1 amide bonds. The van der Waals surface area contributed by atoms with Gasteiger partial charge in [-0.05, 0) is 0 Å². The van der Waals surface area contributed by atoms with Crippen molar-refractivity contribution in [3.05, 3.63) is 39.9 Å². The minimum absolute atomic E-state index is 0.0979. The molecule has 0 unspecified atom stereocenters. The van der Waals surface area contributed by atoms with E-state index in [9.17, 15) is 19.7 Å². The van der Waals surface area contributed by atoms with Gasteiger partial charge in [0, 0.05) is 24.5 Å². The van der Waals surface area contributed by atoms with Gasteiger partial charge in [-0.2, -0.15) is 0 Å². The molecule has 2 atom stereocenters. The van der Waals surface area contributed by atoms with E-state index in [0.29, 0.717) is 5.56 Å². The van der Waals surface area contributed by atoms with E-state index in [1.54, 1.807) is 25.1 Å². The van der Waals surface area contributed by atoms with E-state index in [-0.39, 0.29) is 5.69 Å². The van der Waals surface area contributed by atoms with Gasteiger partial charge >= 0.3 is 5.97 Å². The van der Waals surface area contributed by atoms with Crippen molar-refractivity contribution in [1.29, 1.82) is 0 Å². The van der Waals surface area contributed by atoms with Gasteiger partial charge in [0.1, 0.15) is 6.04 Å². The molecule has 0 aliphatic rings. The van der Waals surface area contributed by atoms with E-state index < -0.39 is 28.8 Å². The predicted molar refractivity (Wildman–Crippen MR) is 71.1 cm³/mol. The summed E-state index contributed by atoms with van der Waals surface area (Å²) in [4.78, 5) is 33.4. The molecule has 0 saturated heterocycles. The summed E-state index contributed by atoms with van der Waals surface area (Å²) in [5, 5.41) is 13.5. The molecule has 0 radical (unpaired) electrons. The largest absolute Gasteiger partial charge is 0.467 e. The van der Waals surface area contributed by atoms with Gasteiger partial charge in [-0.15, -0.1) is 0 Å². The van der Waals surface area contributed by atoms with Crippen LogP contribution in [0, 0.1) is 10.1 Å². The van der Waals surface area contributed by atoms with Gasteiger partial charge in [-0.3, -0.25) is 14.9 Å². The molecule has 0 bridgehead atoms. The second-order valence-corrected chi connectivity index (χ2v) is 4.31. The van der Waals surface area contributed by atoms with Crippen molar-refractivity contribution in [2.45, 2.75) is 25.8 Å². The molecule has 0 fully saturated rings. The summed E-state index contributed by atoms with van der Waals surface area (Å²) in [6.07, 6.45) is 0. The number of nitrogens with zero attached hydrogens (tertiary/aromatic N) is 1. The third kappa shape index (κ3) is 3.53. The maximum absolute atomic E-state index is 11.7.